The molecule has 138 valence electrons. The number of hydrogen-bond donors (Lipinski definition) is 1. The summed E-state index contributed by atoms with van der Waals surface area (Å²) >= 11 is 0. The molecule has 1 saturated heterocycles. The van der Waals surface area contributed by atoms with Crippen molar-refractivity contribution in [3.05, 3.63) is 24.3 Å². The van der Waals surface area contributed by atoms with E-state index in [4.69, 9.17) is 4.74 Å². The van der Waals surface area contributed by atoms with E-state index < -0.39 is 5.41 Å². The average Bonchev–Trinajstić information content (AvgIpc) is 2.59. The van der Waals surface area contributed by atoms with E-state index in [1.165, 1.54) is 0 Å². The largest absolute Gasteiger partial charge is 0.494 e. The Kier molecular flexibility index (Phi) is 6.45. The number of carbonyl (C=O) groups excluding carboxylic acids is 2. The standard InChI is InChI=1S/C20H30N2O3/c1-5-12-25-17-10-6-9-16(13-17)21-18(23)15-8-7-11-22(14-15)19(24)20(2,3)4/h6,9-10,13,15H,5,7-8,11-12,14H2,1-4H3,(H,21,23). The minimum absolute atomic E-state index is 0.0287. The van der Waals surface area contributed by atoms with E-state index in [1.807, 2.05) is 49.9 Å². The van der Waals surface area contributed by atoms with E-state index in [-0.39, 0.29) is 17.7 Å². The predicted molar refractivity (Wildman–Crippen MR) is 99.6 cm³/mol. The topological polar surface area (TPSA) is 58.6 Å². The molecule has 1 aromatic carbocycles. The number of nitrogens with one attached hydrogen (secondary N) is 1. The molecule has 0 aliphatic carbocycles. The Hall–Kier alpha value is -2.04. The molecule has 1 unspecified atom stereocenters. The van der Waals surface area contributed by atoms with Crippen LogP contribution >= 0.6 is 0 Å². The van der Waals surface area contributed by atoms with Crippen LogP contribution in [0.15, 0.2) is 24.3 Å². The van der Waals surface area contributed by atoms with Crippen molar-refractivity contribution in [3.8, 4) is 5.75 Å². The molecule has 5 heteroatoms. The lowest BCUT2D eigenvalue weighted by molar-refractivity contribution is -0.142. The molecule has 2 rings (SSSR count). The number of nitrogens with zero attached hydrogens (tertiary/aromatic N) is 1. The molecular formula is C20H30N2O3. The fraction of sp³-hybridized carbons (Fsp3) is 0.600. The quantitative estimate of drug-likeness (QED) is 0.884. The smallest absolute Gasteiger partial charge is 0.229 e. The lowest BCUT2D eigenvalue weighted by Gasteiger charge is -2.35. The highest BCUT2D eigenvalue weighted by molar-refractivity contribution is 5.93. The molecule has 1 aliphatic rings. The Labute approximate surface area is 150 Å². The van der Waals surface area contributed by atoms with Crippen molar-refractivity contribution < 1.29 is 14.3 Å². The molecule has 2 amide bonds. The van der Waals surface area contributed by atoms with Gasteiger partial charge in [0.2, 0.25) is 11.8 Å². The second-order valence-corrected chi connectivity index (χ2v) is 7.71. The summed E-state index contributed by atoms with van der Waals surface area (Å²) in [6.07, 6.45) is 2.61. The van der Waals surface area contributed by atoms with Gasteiger partial charge < -0.3 is 15.0 Å². The summed E-state index contributed by atoms with van der Waals surface area (Å²) in [5.74, 6) is 0.673. The van der Waals surface area contributed by atoms with Gasteiger partial charge in [0.25, 0.3) is 0 Å². The number of piperidine rings is 1. The highest BCUT2D eigenvalue weighted by atomic mass is 16.5. The number of rotatable bonds is 5. The van der Waals surface area contributed by atoms with Crippen LogP contribution in [-0.2, 0) is 9.59 Å². The van der Waals surface area contributed by atoms with Gasteiger partial charge in [-0.15, -0.1) is 0 Å². The van der Waals surface area contributed by atoms with Crippen LogP contribution in [0.2, 0.25) is 0 Å². The maximum absolute atomic E-state index is 12.6. The molecule has 0 bridgehead atoms. The average molecular weight is 346 g/mol. The van der Waals surface area contributed by atoms with Crippen molar-refractivity contribution >= 4 is 17.5 Å². The highest BCUT2D eigenvalue weighted by Crippen LogP contribution is 2.25. The van der Waals surface area contributed by atoms with Crippen LogP contribution in [-0.4, -0.2) is 36.4 Å². The van der Waals surface area contributed by atoms with Gasteiger partial charge in [-0.25, -0.2) is 0 Å². The second-order valence-electron chi connectivity index (χ2n) is 7.71. The zero-order chi connectivity index (χ0) is 18.4. The summed E-state index contributed by atoms with van der Waals surface area (Å²) in [6.45, 7) is 9.69. The van der Waals surface area contributed by atoms with Gasteiger partial charge in [0.05, 0.1) is 12.5 Å². The number of hydrogen-bond acceptors (Lipinski definition) is 3. The summed E-state index contributed by atoms with van der Waals surface area (Å²) in [7, 11) is 0. The number of carbonyl (C=O) groups is 2. The summed E-state index contributed by atoms with van der Waals surface area (Å²) in [5, 5.41) is 2.97. The molecule has 1 aliphatic heterocycles. The first kappa shape index (κ1) is 19.3. The lowest BCUT2D eigenvalue weighted by atomic mass is 9.91. The Bertz CT molecular complexity index is 607. The molecule has 0 aromatic heterocycles. The number of likely N-dealkylation sites (tertiary alicyclic amines) is 1. The second kappa shape index (κ2) is 8.37. The van der Waals surface area contributed by atoms with Crippen LogP contribution in [0.5, 0.6) is 5.75 Å². The van der Waals surface area contributed by atoms with Gasteiger partial charge >= 0.3 is 0 Å². The number of benzene rings is 1. The van der Waals surface area contributed by atoms with E-state index in [2.05, 4.69) is 12.2 Å². The van der Waals surface area contributed by atoms with Gasteiger partial charge in [-0.05, 0) is 31.4 Å². The normalized spacial score (nSPS) is 17.9. The first-order chi connectivity index (χ1) is 11.8. The van der Waals surface area contributed by atoms with Crippen LogP contribution in [0, 0.1) is 11.3 Å². The number of anilines is 1. The zero-order valence-corrected chi connectivity index (χ0v) is 15.8. The van der Waals surface area contributed by atoms with E-state index in [0.29, 0.717) is 13.2 Å². The first-order valence-corrected chi connectivity index (χ1v) is 9.14. The van der Waals surface area contributed by atoms with Gasteiger partial charge in [-0.1, -0.05) is 33.8 Å². The summed E-state index contributed by atoms with van der Waals surface area (Å²) < 4.78 is 5.60. The fourth-order valence-electron chi connectivity index (χ4n) is 2.98. The van der Waals surface area contributed by atoms with Gasteiger partial charge in [0.15, 0.2) is 0 Å². The van der Waals surface area contributed by atoms with Crippen molar-refractivity contribution in [1.82, 2.24) is 4.90 Å². The third kappa shape index (κ3) is 5.48. The molecule has 1 N–H and O–H groups in total. The summed E-state index contributed by atoms with van der Waals surface area (Å²) in [6, 6.07) is 7.46. The van der Waals surface area contributed by atoms with Crippen molar-refractivity contribution in [2.75, 3.05) is 25.0 Å². The molecule has 0 radical (unpaired) electrons. The highest BCUT2D eigenvalue weighted by Gasteiger charge is 2.33. The Balaban J connectivity index is 1.97. The van der Waals surface area contributed by atoms with Gasteiger partial charge in [-0.3, -0.25) is 9.59 Å². The molecule has 0 saturated carbocycles. The van der Waals surface area contributed by atoms with E-state index >= 15 is 0 Å². The first-order valence-electron chi connectivity index (χ1n) is 9.14. The van der Waals surface area contributed by atoms with Crippen LogP contribution in [0.4, 0.5) is 5.69 Å². The van der Waals surface area contributed by atoms with Crippen molar-refractivity contribution in [1.29, 1.82) is 0 Å². The SMILES string of the molecule is CCCOc1cccc(NC(=O)C2CCCN(C(=O)C(C)(C)C)C2)c1. The van der Waals surface area contributed by atoms with Crippen LogP contribution in [0.25, 0.3) is 0 Å². The van der Waals surface area contributed by atoms with Crippen LogP contribution in [0.1, 0.15) is 47.0 Å². The van der Waals surface area contributed by atoms with E-state index in [0.717, 1.165) is 37.2 Å². The predicted octanol–water partition coefficient (Wildman–Crippen LogP) is 3.70. The van der Waals surface area contributed by atoms with Crippen molar-refractivity contribution in [2.45, 2.75) is 47.0 Å². The maximum Gasteiger partial charge on any atom is 0.229 e. The van der Waals surface area contributed by atoms with Gasteiger partial charge in [0, 0.05) is 30.3 Å². The molecule has 1 aromatic rings. The summed E-state index contributed by atoms with van der Waals surface area (Å²) in [5.41, 5.74) is 0.321. The number of amides is 2. The zero-order valence-electron chi connectivity index (χ0n) is 15.8. The van der Waals surface area contributed by atoms with Gasteiger partial charge in [-0.2, -0.15) is 0 Å². The third-order valence-electron chi connectivity index (χ3n) is 4.30. The molecule has 1 fully saturated rings. The molecule has 1 heterocycles. The maximum atomic E-state index is 12.6. The fourth-order valence-corrected chi connectivity index (χ4v) is 2.98. The Morgan fingerprint density at radius 2 is 2.08 bits per heavy atom. The minimum atomic E-state index is -0.413. The molecular weight excluding hydrogens is 316 g/mol. The Morgan fingerprint density at radius 3 is 2.76 bits per heavy atom. The lowest BCUT2D eigenvalue weighted by Crippen LogP contribution is -2.47. The van der Waals surface area contributed by atoms with E-state index in [9.17, 15) is 9.59 Å². The van der Waals surface area contributed by atoms with Crippen LogP contribution < -0.4 is 10.1 Å². The molecule has 0 spiro atoms. The third-order valence-corrected chi connectivity index (χ3v) is 4.30. The Morgan fingerprint density at radius 1 is 1.32 bits per heavy atom. The molecule has 1 atom stereocenters. The van der Waals surface area contributed by atoms with Crippen LogP contribution in [0.3, 0.4) is 0 Å². The van der Waals surface area contributed by atoms with Gasteiger partial charge in [0.1, 0.15) is 5.75 Å². The molecule has 5 nitrogen and oxygen atoms in total. The summed E-state index contributed by atoms with van der Waals surface area (Å²) in [4.78, 5) is 26.9. The number of ether oxygens (including phenoxy) is 1. The van der Waals surface area contributed by atoms with Crippen molar-refractivity contribution in [2.24, 2.45) is 11.3 Å². The van der Waals surface area contributed by atoms with E-state index in [1.54, 1.807) is 0 Å². The van der Waals surface area contributed by atoms with Crippen molar-refractivity contribution in [3.63, 3.8) is 0 Å². The minimum Gasteiger partial charge on any atom is -0.494 e. The molecule has 25 heavy (non-hydrogen) atoms. The monoisotopic (exact) mass is 346 g/mol.